The molecule has 35 heavy (non-hydrogen) atoms. The molecule has 0 bridgehead atoms. The number of hydrogen-bond acceptors (Lipinski definition) is 6. The van der Waals surface area contributed by atoms with Crippen molar-refractivity contribution in [3.63, 3.8) is 0 Å². The number of carbonyl (C=O) groups is 2. The van der Waals surface area contributed by atoms with Crippen LogP contribution in [0, 0.1) is 0 Å². The second-order valence-corrected chi connectivity index (χ2v) is 9.52. The van der Waals surface area contributed by atoms with Crippen LogP contribution in [-0.4, -0.2) is 24.5 Å². The molecule has 2 unspecified atom stereocenters. The van der Waals surface area contributed by atoms with Crippen molar-refractivity contribution in [1.29, 1.82) is 0 Å². The average Bonchev–Trinajstić information content (AvgIpc) is 2.73. The minimum atomic E-state index is -0.894. The quantitative estimate of drug-likeness (QED) is 0.190. The van der Waals surface area contributed by atoms with Crippen LogP contribution in [0.25, 0.3) is 0 Å². The van der Waals surface area contributed by atoms with Crippen molar-refractivity contribution in [1.82, 2.24) is 0 Å². The molecule has 0 aliphatic heterocycles. The molecule has 0 N–H and O–H groups in total. The molecule has 0 spiro atoms. The van der Waals surface area contributed by atoms with E-state index in [2.05, 4.69) is 13.2 Å². The molecule has 0 aliphatic carbocycles. The molecule has 0 aliphatic rings. The monoisotopic (exact) mass is 520 g/mol. The van der Waals surface area contributed by atoms with E-state index in [1.165, 1.54) is 0 Å². The predicted octanol–water partition coefficient (Wildman–Crippen LogP) is 7.01. The van der Waals surface area contributed by atoms with Crippen LogP contribution in [0.3, 0.4) is 0 Å². The number of hydrogen-bond donors (Lipinski definition) is 0. The van der Waals surface area contributed by atoms with Crippen molar-refractivity contribution in [3.05, 3.63) is 81.9 Å². The molecule has 8 heteroatoms. The number of benzene rings is 2. The SMILES string of the molecule is C=C(C)C(=O)OC(C)Oc1cc(Cl)ccc1C(C)(C)c1ccc(Cl)cc1OC(C)OC(=O)C(=C)C. The minimum absolute atomic E-state index is 0.261. The van der Waals surface area contributed by atoms with Crippen molar-refractivity contribution in [3.8, 4) is 11.5 Å². The summed E-state index contributed by atoms with van der Waals surface area (Å²) in [5.74, 6) is -0.279. The third kappa shape index (κ3) is 7.51. The topological polar surface area (TPSA) is 71.1 Å². The standard InChI is InChI=1S/C27H30Cl2O6/c1-15(2)25(30)34-17(5)32-23-13-19(28)9-11-21(23)27(7,8)22-12-10-20(29)14-24(22)33-18(6)35-26(31)16(3)4/h9-14,17-18H,1,3H2,2,4-8H3. The van der Waals surface area contributed by atoms with Gasteiger partial charge in [0.1, 0.15) is 11.5 Å². The lowest BCUT2D eigenvalue weighted by atomic mass is 9.77. The number of halogens is 2. The number of ether oxygens (including phenoxy) is 4. The van der Waals surface area contributed by atoms with Gasteiger partial charge in [0.2, 0.25) is 12.6 Å². The Morgan fingerprint density at radius 1 is 0.771 bits per heavy atom. The molecule has 0 radical (unpaired) electrons. The molecule has 188 valence electrons. The fourth-order valence-electron chi connectivity index (χ4n) is 3.27. The van der Waals surface area contributed by atoms with Gasteiger partial charge in [0, 0.05) is 51.6 Å². The molecule has 0 saturated carbocycles. The van der Waals surface area contributed by atoms with E-state index in [0.29, 0.717) is 21.5 Å². The Balaban J connectivity index is 2.45. The molecule has 2 rings (SSSR count). The van der Waals surface area contributed by atoms with Crippen molar-refractivity contribution in [2.24, 2.45) is 0 Å². The number of rotatable bonds is 10. The van der Waals surface area contributed by atoms with E-state index >= 15 is 0 Å². The second kappa shape index (κ2) is 11.6. The first-order valence-electron chi connectivity index (χ1n) is 10.9. The van der Waals surface area contributed by atoms with Crippen LogP contribution in [0.4, 0.5) is 0 Å². The zero-order valence-electron chi connectivity index (χ0n) is 20.7. The maximum absolute atomic E-state index is 11.9. The van der Waals surface area contributed by atoms with E-state index in [1.54, 1.807) is 52.0 Å². The van der Waals surface area contributed by atoms with E-state index in [9.17, 15) is 9.59 Å². The highest BCUT2D eigenvalue weighted by molar-refractivity contribution is 6.31. The van der Waals surface area contributed by atoms with Gasteiger partial charge in [0.25, 0.3) is 0 Å². The number of esters is 2. The molecular formula is C27H30Cl2O6. The maximum Gasteiger partial charge on any atom is 0.336 e. The lowest BCUT2D eigenvalue weighted by Crippen LogP contribution is -2.27. The third-order valence-corrected chi connectivity index (χ3v) is 5.53. The molecule has 0 fully saturated rings. The fraction of sp³-hybridized carbons (Fsp3) is 0.333. The lowest BCUT2D eigenvalue weighted by molar-refractivity contribution is -0.157. The fourth-order valence-corrected chi connectivity index (χ4v) is 3.60. The van der Waals surface area contributed by atoms with Crippen molar-refractivity contribution < 1.29 is 28.5 Å². The zero-order valence-corrected chi connectivity index (χ0v) is 22.3. The highest BCUT2D eigenvalue weighted by atomic mass is 35.5. The molecule has 0 heterocycles. The summed E-state index contributed by atoms with van der Waals surface area (Å²) in [6, 6.07) is 10.4. The Bertz CT molecular complexity index is 1050. The summed E-state index contributed by atoms with van der Waals surface area (Å²) in [6.45, 7) is 17.4. The Labute approximate surface area is 216 Å². The van der Waals surface area contributed by atoms with Crippen LogP contribution in [0.5, 0.6) is 11.5 Å². The smallest absolute Gasteiger partial charge is 0.336 e. The van der Waals surface area contributed by atoms with Gasteiger partial charge in [-0.25, -0.2) is 9.59 Å². The van der Waals surface area contributed by atoms with Gasteiger partial charge in [0.15, 0.2) is 0 Å². The number of carbonyl (C=O) groups excluding carboxylic acids is 2. The summed E-state index contributed by atoms with van der Waals surface area (Å²) < 4.78 is 22.5. The molecule has 0 amide bonds. The van der Waals surface area contributed by atoms with E-state index in [0.717, 1.165) is 11.1 Å². The average molecular weight is 521 g/mol. The Hall–Kier alpha value is -2.96. The van der Waals surface area contributed by atoms with Crippen LogP contribution >= 0.6 is 23.2 Å². The predicted molar refractivity (Wildman–Crippen MR) is 137 cm³/mol. The molecule has 6 nitrogen and oxygen atoms in total. The van der Waals surface area contributed by atoms with Gasteiger partial charge in [-0.15, -0.1) is 0 Å². The van der Waals surface area contributed by atoms with Gasteiger partial charge >= 0.3 is 11.9 Å². The first kappa shape index (κ1) is 28.3. The normalized spacial score (nSPS) is 12.8. The van der Waals surface area contributed by atoms with E-state index in [1.807, 2.05) is 26.0 Å². The Morgan fingerprint density at radius 3 is 1.43 bits per heavy atom. The van der Waals surface area contributed by atoms with Crippen LogP contribution in [0.15, 0.2) is 60.7 Å². The Morgan fingerprint density at radius 2 is 1.11 bits per heavy atom. The summed E-state index contributed by atoms with van der Waals surface area (Å²) in [5, 5.41) is 0.900. The molecule has 2 aromatic carbocycles. The third-order valence-electron chi connectivity index (χ3n) is 5.06. The summed E-state index contributed by atoms with van der Waals surface area (Å²) in [6.07, 6.45) is -1.79. The minimum Gasteiger partial charge on any atom is -0.455 e. The summed E-state index contributed by atoms with van der Waals surface area (Å²) in [4.78, 5) is 23.8. The van der Waals surface area contributed by atoms with Crippen LogP contribution < -0.4 is 9.47 Å². The van der Waals surface area contributed by atoms with Crippen molar-refractivity contribution >= 4 is 35.1 Å². The molecule has 2 aromatic rings. The largest absolute Gasteiger partial charge is 0.455 e. The van der Waals surface area contributed by atoms with Crippen LogP contribution in [0.2, 0.25) is 10.0 Å². The molecule has 0 aromatic heterocycles. The summed E-state index contributed by atoms with van der Waals surface area (Å²) in [5.41, 5.74) is 1.32. The van der Waals surface area contributed by atoms with Crippen LogP contribution in [0.1, 0.15) is 52.7 Å². The first-order chi connectivity index (χ1) is 16.2. The highest BCUT2D eigenvalue weighted by Gasteiger charge is 2.32. The first-order valence-corrected chi connectivity index (χ1v) is 11.6. The molecule has 2 atom stereocenters. The van der Waals surface area contributed by atoms with E-state index < -0.39 is 29.9 Å². The van der Waals surface area contributed by atoms with Crippen molar-refractivity contribution in [2.45, 2.75) is 59.5 Å². The zero-order chi connectivity index (χ0) is 26.5. The van der Waals surface area contributed by atoms with Gasteiger partial charge in [0.05, 0.1) is 0 Å². The molecular weight excluding hydrogens is 491 g/mol. The summed E-state index contributed by atoms with van der Waals surface area (Å²) >= 11 is 12.5. The summed E-state index contributed by atoms with van der Waals surface area (Å²) in [7, 11) is 0. The van der Waals surface area contributed by atoms with Gasteiger partial charge in [-0.3, -0.25) is 0 Å². The second-order valence-electron chi connectivity index (χ2n) is 8.65. The maximum atomic E-state index is 11.9. The Kier molecular flexibility index (Phi) is 9.41. The van der Waals surface area contributed by atoms with Gasteiger partial charge in [-0.2, -0.15) is 0 Å². The highest BCUT2D eigenvalue weighted by Crippen LogP contribution is 2.43. The van der Waals surface area contributed by atoms with Crippen molar-refractivity contribution in [2.75, 3.05) is 0 Å². The van der Waals surface area contributed by atoms with E-state index in [4.69, 9.17) is 42.1 Å². The molecule has 0 saturated heterocycles. The van der Waals surface area contributed by atoms with E-state index in [-0.39, 0.29) is 11.1 Å². The lowest BCUT2D eigenvalue weighted by Gasteiger charge is -2.31. The van der Waals surface area contributed by atoms with Gasteiger partial charge in [-0.1, -0.05) is 62.3 Å². The van der Waals surface area contributed by atoms with Gasteiger partial charge < -0.3 is 18.9 Å². The van der Waals surface area contributed by atoms with Gasteiger partial charge in [-0.05, 0) is 38.1 Å². The van der Waals surface area contributed by atoms with Crippen LogP contribution in [-0.2, 0) is 24.5 Å².